The van der Waals surface area contributed by atoms with E-state index in [4.69, 9.17) is 0 Å². The minimum Gasteiger partial charge on any atom is -0.356 e. The van der Waals surface area contributed by atoms with Crippen LogP contribution in [0, 0.1) is 5.82 Å². The van der Waals surface area contributed by atoms with E-state index in [-0.39, 0.29) is 11.7 Å². The first-order valence-corrected chi connectivity index (χ1v) is 8.57. The van der Waals surface area contributed by atoms with E-state index in [1.807, 2.05) is 18.2 Å². The molecule has 0 saturated heterocycles. The first-order chi connectivity index (χ1) is 12.1. The monoisotopic (exact) mass is 356 g/mol. The van der Waals surface area contributed by atoms with E-state index in [0.29, 0.717) is 23.7 Å². The SMILES string of the molecule is CNC(=O)c1cccc(CNc2nnc(Cc3ccc(F)cc3)s2)c1. The third kappa shape index (κ3) is 4.60. The summed E-state index contributed by atoms with van der Waals surface area (Å²) in [4.78, 5) is 11.7. The second-order valence-electron chi connectivity index (χ2n) is 5.44. The molecule has 0 unspecified atom stereocenters. The van der Waals surface area contributed by atoms with E-state index >= 15 is 0 Å². The van der Waals surface area contributed by atoms with Crippen molar-refractivity contribution in [3.05, 3.63) is 76.0 Å². The molecule has 0 aliphatic rings. The third-order valence-electron chi connectivity index (χ3n) is 3.60. The molecule has 0 bridgehead atoms. The van der Waals surface area contributed by atoms with Gasteiger partial charge in [0.15, 0.2) is 0 Å². The molecule has 5 nitrogen and oxygen atoms in total. The Morgan fingerprint density at radius 1 is 1.12 bits per heavy atom. The zero-order valence-electron chi connectivity index (χ0n) is 13.6. The molecule has 0 radical (unpaired) electrons. The molecule has 0 aliphatic carbocycles. The summed E-state index contributed by atoms with van der Waals surface area (Å²) in [7, 11) is 1.61. The highest BCUT2D eigenvalue weighted by atomic mass is 32.1. The van der Waals surface area contributed by atoms with Crippen LogP contribution < -0.4 is 10.6 Å². The number of nitrogens with one attached hydrogen (secondary N) is 2. The number of carbonyl (C=O) groups is 1. The van der Waals surface area contributed by atoms with Crippen molar-refractivity contribution < 1.29 is 9.18 Å². The van der Waals surface area contributed by atoms with E-state index in [1.165, 1.54) is 23.5 Å². The Kier molecular flexibility index (Phi) is 5.35. The molecule has 2 N–H and O–H groups in total. The quantitative estimate of drug-likeness (QED) is 0.712. The molecular formula is C18H17FN4OS. The molecule has 1 aromatic heterocycles. The molecular weight excluding hydrogens is 339 g/mol. The molecule has 0 atom stereocenters. The summed E-state index contributed by atoms with van der Waals surface area (Å²) in [6, 6.07) is 13.8. The number of aromatic nitrogens is 2. The van der Waals surface area contributed by atoms with Gasteiger partial charge in [0.1, 0.15) is 10.8 Å². The summed E-state index contributed by atoms with van der Waals surface area (Å²) < 4.78 is 12.9. The van der Waals surface area contributed by atoms with Gasteiger partial charge in [-0.15, -0.1) is 10.2 Å². The fourth-order valence-corrected chi connectivity index (χ4v) is 3.09. The Labute approximate surface area is 148 Å². The molecule has 1 heterocycles. The van der Waals surface area contributed by atoms with E-state index in [1.54, 1.807) is 25.2 Å². The number of rotatable bonds is 6. The number of carbonyl (C=O) groups excluding carboxylic acids is 1. The van der Waals surface area contributed by atoms with E-state index in [2.05, 4.69) is 20.8 Å². The van der Waals surface area contributed by atoms with Gasteiger partial charge in [0, 0.05) is 25.6 Å². The Hall–Kier alpha value is -2.80. The fraction of sp³-hybridized carbons (Fsp3) is 0.167. The maximum absolute atomic E-state index is 12.9. The molecule has 0 fully saturated rings. The highest BCUT2D eigenvalue weighted by Crippen LogP contribution is 2.19. The Bertz CT molecular complexity index is 864. The summed E-state index contributed by atoms with van der Waals surface area (Å²) in [6.07, 6.45) is 0.617. The molecule has 0 spiro atoms. The Balaban J connectivity index is 1.60. The minimum atomic E-state index is -0.248. The summed E-state index contributed by atoms with van der Waals surface area (Å²) >= 11 is 1.46. The molecule has 2 aromatic carbocycles. The first-order valence-electron chi connectivity index (χ1n) is 7.76. The molecule has 1 amide bonds. The van der Waals surface area contributed by atoms with Crippen molar-refractivity contribution in [2.24, 2.45) is 0 Å². The number of benzene rings is 2. The summed E-state index contributed by atoms with van der Waals surface area (Å²) in [5.41, 5.74) is 2.59. The van der Waals surface area contributed by atoms with Gasteiger partial charge in [-0.2, -0.15) is 0 Å². The van der Waals surface area contributed by atoms with Crippen molar-refractivity contribution in [3.63, 3.8) is 0 Å². The van der Waals surface area contributed by atoms with E-state index in [9.17, 15) is 9.18 Å². The van der Waals surface area contributed by atoms with Gasteiger partial charge in [-0.3, -0.25) is 4.79 Å². The van der Waals surface area contributed by atoms with Gasteiger partial charge in [0.05, 0.1) is 0 Å². The lowest BCUT2D eigenvalue weighted by atomic mass is 10.1. The lowest BCUT2D eigenvalue weighted by Crippen LogP contribution is -2.17. The van der Waals surface area contributed by atoms with Crippen molar-refractivity contribution in [1.82, 2.24) is 15.5 Å². The predicted molar refractivity (Wildman–Crippen MR) is 96.3 cm³/mol. The van der Waals surface area contributed by atoms with E-state index < -0.39 is 0 Å². The third-order valence-corrected chi connectivity index (χ3v) is 4.48. The molecule has 3 rings (SSSR count). The largest absolute Gasteiger partial charge is 0.356 e. The zero-order valence-corrected chi connectivity index (χ0v) is 14.4. The van der Waals surface area contributed by atoms with Crippen molar-refractivity contribution >= 4 is 22.4 Å². The predicted octanol–water partition coefficient (Wildman–Crippen LogP) is 3.24. The van der Waals surface area contributed by atoms with Crippen molar-refractivity contribution in [2.45, 2.75) is 13.0 Å². The first kappa shape index (κ1) is 17.0. The van der Waals surface area contributed by atoms with Crippen LogP contribution in [0.25, 0.3) is 0 Å². The normalized spacial score (nSPS) is 10.5. The average molecular weight is 356 g/mol. The second kappa shape index (κ2) is 7.85. The maximum Gasteiger partial charge on any atom is 0.251 e. The topological polar surface area (TPSA) is 66.9 Å². The number of hydrogen-bond donors (Lipinski definition) is 2. The number of halogens is 1. The summed E-state index contributed by atoms with van der Waals surface area (Å²) in [6.45, 7) is 0.552. The second-order valence-corrected chi connectivity index (χ2v) is 6.50. The van der Waals surface area contributed by atoms with Crippen LogP contribution in [-0.4, -0.2) is 23.2 Å². The van der Waals surface area contributed by atoms with Crippen LogP contribution in [0.3, 0.4) is 0 Å². The van der Waals surface area contributed by atoms with Crippen LogP contribution in [0.5, 0.6) is 0 Å². The maximum atomic E-state index is 12.9. The van der Waals surface area contributed by atoms with Crippen molar-refractivity contribution in [3.8, 4) is 0 Å². The lowest BCUT2D eigenvalue weighted by molar-refractivity contribution is 0.0963. The molecule has 7 heteroatoms. The van der Waals surface area contributed by atoms with Crippen molar-refractivity contribution in [2.75, 3.05) is 12.4 Å². The number of amides is 1. The molecule has 25 heavy (non-hydrogen) atoms. The minimum absolute atomic E-state index is 0.112. The van der Waals surface area contributed by atoms with Gasteiger partial charge < -0.3 is 10.6 Å². The van der Waals surface area contributed by atoms with Crippen LogP contribution in [0.4, 0.5) is 9.52 Å². The van der Waals surface area contributed by atoms with Gasteiger partial charge in [-0.1, -0.05) is 35.6 Å². The fourth-order valence-electron chi connectivity index (χ4n) is 2.32. The highest BCUT2D eigenvalue weighted by molar-refractivity contribution is 7.15. The van der Waals surface area contributed by atoms with E-state index in [0.717, 1.165) is 16.1 Å². The lowest BCUT2D eigenvalue weighted by Gasteiger charge is -2.05. The average Bonchev–Trinajstić information content (AvgIpc) is 3.09. The van der Waals surface area contributed by atoms with Gasteiger partial charge in [-0.25, -0.2) is 4.39 Å². The standard InChI is InChI=1S/C18H17FN4OS/c1-20-17(24)14-4-2-3-13(9-14)11-21-18-23-22-16(25-18)10-12-5-7-15(19)8-6-12/h2-9H,10-11H2,1H3,(H,20,24)(H,21,23). The Morgan fingerprint density at radius 3 is 2.68 bits per heavy atom. The molecule has 128 valence electrons. The van der Waals surface area contributed by atoms with Gasteiger partial charge in [-0.05, 0) is 35.4 Å². The number of nitrogens with zero attached hydrogens (tertiary/aromatic N) is 2. The summed E-state index contributed by atoms with van der Waals surface area (Å²) in [5.74, 6) is -0.360. The van der Waals surface area contributed by atoms with Crippen LogP contribution >= 0.6 is 11.3 Å². The van der Waals surface area contributed by atoms with Crippen LogP contribution in [-0.2, 0) is 13.0 Å². The smallest absolute Gasteiger partial charge is 0.251 e. The van der Waals surface area contributed by atoms with Crippen LogP contribution in [0.1, 0.15) is 26.5 Å². The van der Waals surface area contributed by atoms with Crippen molar-refractivity contribution in [1.29, 1.82) is 0 Å². The Morgan fingerprint density at radius 2 is 1.92 bits per heavy atom. The van der Waals surface area contributed by atoms with Crippen LogP contribution in [0.15, 0.2) is 48.5 Å². The number of anilines is 1. The highest BCUT2D eigenvalue weighted by Gasteiger charge is 2.07. The number of hydrogen-bond acceptors (Lipinski definition) is 5. The molecule has 0 saturated carbocycles. The summed E-state index contributed by atoms with van der Waals surface area (Å²) in [5, 5.41) is 15.7. The van der Waals surface area contributed by atoms with Gasteiger partial charge in [0.25, 0.3) is 5.91 Å². The zero-order chi connectivity index (χ0) is 17.6. The molecule has 0 aliphatic heterocycles. The molecule has 3 aromatic rings. The van der Waals surface area contributed by atoms with Gasteiger partial charge in [0.2, 0.25) is 5.13 Å². The van der Waals surface area contributed by atoms with Gasteiger partial charge >= 0.3 is 0 Å². The van der Waals surface area contributed by atoms with Crippen LogP contribution in [0.2, 0.25) is 0 Å².